The average Bonchev–Trinajstić information content (AvgIpc) is 3.02. The van der Waals surface area contributed by atoms with Crippen LogP contribution in [0, 0.1) is 0 Å². The number of thiophene rings is 1. The molecule has 1 nitrogen and oxygen atoms in total. The van der Waals surface area contributed by atoms with Gasteiger partial charge in [0, 0.05) is 11.3 Å². The molecule has 0 fully saturated rings. The Morgan fingerprint density at radius 3 is 2.32 bits per heavy atom. The van der Waals surface area contributed by atoms with E-state index in [0.717, 1.165) is 12.0 Å². The summed E-state index contributed by atoms with van der Waals surface area (Å²) in [5, 5.41) is 16.7. The van der Waals surface area contributed by atoms with Gasteiger partial charge in [0.1, 0.15) is 0 Å². The quantitative estimate of drug-likeness (QED) is 0.520. The third-order valence-electron chi connectivity index (χ3n) is 4.21. The number of aliphatic hydroxyl groups excluding tert-OH is 1. The maximum atomic E-state index is 9.48. The molecule has 0 saturated carbocycles. The Labute approximate surface area is 133 Å². The third kappa shape index (κ3) is 2.21. The summed E-state index contributed by atoms with van der Waals surface area (Å²) < 4.78 is 0. The smallest absolute Gasteiger partial charge is 0.0692 e. The van der Waals surface area contributed by atoms with Crippen molar-refractivity contribution in [1.82, 2.24) is 0 Å². The van der Waals surface area contributed by atoms with Gasteiger partial charge < -0.3 is 5.11 Å². The fourth-order valence-corrected chi connectivity index (χ4v) is 4.03. The van der Waals surface area contributed by atoms with Gasteiger partial charge in [-0.3, -0.25) is 0 Å². The zero-order chi connectivity index (χ0) is 14.9. The SMILES string of the molecule is OCc1ccsc1Cc1cc2ccccc2c2ccccc12. The Morgan fingerprint density at radius 1 is 0.773 bits per heavy atom. The van der Waals surface area contributed by atoms with E-state index in [2.05, 4.69) is 60.0 Å². The van der Waals surface area contributed by atoms with Crippen LogP contribution in [-0.4, -0.2) is 5.11 Å². The van der Waals surface area contributed by atoms with Gasteiger partial charge in [0.05, 0.1) is 6.61 Å². The zero-order valence-corrected chi connectivity index (χ0v) is 12.9. The average molecular weight is 304 g/mol. The number of fused-ring (bicyclic) bond motifs is 3. The van der Waals surface area contributed by atoms with Crippen molar-refractivity contribution in [1.29, 1.82) is 0 Å². The van der Waals surface area contributed by atoms with Crippen LogP contribution in [0.2, 0.25) is 0 Å². The molecule has 1 heterocycles. The van der Waals surface area contributed by atoms with Crippen LogP contribution in [0.25, 0.3) is 21.5 Å². The number of aliphatic hydroxyl groups is 1. The van der Waals surface area contributed by atoms with Gasteiger partial charge in [0.25, 0.3) is 0 Å². The summed E-state index contributed by atoms with van der Waals surface area (Å²) in [5.74, 6) is 0. The molecular weight excluding hydrogens is 288 g/mol. The minimum absolute atomic E-state index is 0.115. The lowest BCUT2D eigenvalue weighted by molar-refractivity contribution is 0.281. The van der Waals surface area contributed by atoms with Crippen molar-refractivity contribution in [2.45, 2.75) is 13.0 Å². The van der Waals surface area contributed by atoms with E-state index in [4.69, 9.17) is 0 Å². The molecule has 2 heteroatoms. The highest BCUT2D eigenvalue weighted by atomic mass is 32.1. The fraction of sp³-hybridized carbons (Fsp3) is 0.100. The van der Waals surface area contributed by atoms with Crippen LogP contribution in [-0.2, 0) is 13.0 Å². The predicted octanol–water partition coefficient (Wildman–Crippen LogP) is 5.14. The molecule has 0 aliphatic rings. The topological polar surface area (TPSA) is 20.2 Å². The summed E-state index contributed by atoms with van der Waals surface area (Å²) in [6.07, 6.45) is 0.874. The van der Waals surface area contributed by atoms with E-state index >= 15 is 0 Å². The molecule has 0 unspecified atom stereocenters. The van der Waals surface area contributed by atoms with Gasteiger partial charge in [-0.2, -0.15) is 0 Å². The molecule has 0 aliphatic carbocycles. The minimum atomic E-state index is 0.115. The lowest BCUT2D eigenvalue weighted by Gasteiger charge is -2.10. The van der Waals surface area contributed by atoms with E-state index in [1.807, 2.05) is 6.07 Å². The molecule has 0 saturated heterocycles. The predicted molar refractivity (Wildman–Crippen MR) is 94.5 cm³/mol. The standard InChI is InChI=1S/C20H16OS/c21-13-15-9-10-22-20(15)12-16-11-14-5-1-2-6-17(14)19-8-4-3-7-18(16)19/h1-11,21H,12-13H2. The summed E-state index contributed by atoms with van der Waals surface area (Å²) in [5.41, 5.74) is 2.37. The molecule has 3 aromatic carbocycles. The van der Waals surface area contributed by atoms with Crippen LogP contribution >= 0.6 is 11.3 Å². The molecule has 4 rings (SSSR count). The largest absolute Gasteiger partial charge is 0.392 e. The van der Waals surface area contributed by atoms with Crippen molar-refractivity contribution in [2.75, 3.05) is 0 Å². The van der Waals surface area contributed by atoms with Crippen LogP contribution in [0.3, 0.4) is 0 Å². The lowest BCUT2D eigenvalue weighted by atomic mass is 9.95. The summed E-state index contributed by atoms with van der Waals surface area (Å²) in [6, 6.07) is 21.4. The highest BCUT2D eigenvalue weighted by Gasteiger charge is 2.10. The molecule has 1 aromatic heterocycles. The van der Waals surface area contributed by atoms with Gasteiger partial charge in [-0.1, -0.05) is 54.6 Å². The first-order valence-corrected chi connectivity index (χ1v) is 8.30. The minimum Gasteiger partial charge on any atom is -0.392 e. The van der Waals surface area contributed by atoms with Crippen molar-refractivity contribution in [2.24, 2.45) is 0 Å². The summed E-state index contributed by atoms with van der Waals surface area (Å²) in [4.78, 5) is 1.25. The molecule has 4 aromatic rings. The van der Waals surface area contributed by atoms with Gasteiger partial charge in [-0.05, 0) is 44.1 Å². The molecule has 0 aliphatic heterocycles. The zero-order valence-electron chi connectivity index (χ0n) is 12.1. The van der Waals surface area contributed by atoms with E-state index in [-0.39, 0.29) is 6.61 Å². The monoisotopic (exact) mass is 304 g/mol. The van der Waals surface area contributed by atoms with E-state index in [9.17, 15) is 5.11 Å². The van der Waals surface area contributed by atoms with Crippen LogP contribution < -0.4 is 0 Å². The molecular formula is C20H16OS. The Balaban J connectivity index is 1.95. The highest BCUT2D eigenvalue weighted by molar-refractivity contribution is 7.10. The molecule has 1 N–H and O–H groups in total. The van der Waals surface area contributed by atoms with E-state index in [0.29, 0.717) is 0 Å². The molecule has 22 heavy (non-hydrogen) atoms. The Kier molecular flexibility index (Phi) is 3.41. The maximum absolute atomic E-state index is 9.48. The van der Waals surface area contributed by atoms with Crippen molar-refractivity contribution in [3.63, 3.8) is 0 Å². The van der Waals surface area contributed by atoms with E-state index < -0.39 is 0 Å². The van der Waals surface area contributed by atoms with Gasteiger partial charge in [0.15, 0.2) is 0 Å². The summed E-state index contributed by atoms with van der Waals surface area (Å²) >= 11 is 1.72. The second-order valence-electron chi connectivity index (χ2n) is 5.51. The van der Waals surface area contributed by atoms with Crippen LogP contribution in [0.5, 0.6) is 0 Å². The molecule has 0 atom stereocenters. The van der Waals surface area contributed by atoms with Crippen LogP contribution in [0.15, 0.2) is 66.0 Å². The van der Waals surface area contributed by atoms with Crippen molar-refractivity contribution in [3.05, 3.63) is 82.0 Å². The van der Waals surface area contributed by atoms with Gasteiger partial charge in [0.2, 0.25) is 0 Å². The van der Waals surface area contributed by atoms with Crippen LogP contribution in [0.4, 0.5) is 0 Å². The second-order valence-corrected chi connectivity index (χ2v) is 6.51. The number of rotatable bonds is 3. The molecule has 0 amide bonds. The first kappa shape index (κ1) is 13.5. The Bertz CT molecular complexity index is 952. The fourth-order valence-electron chi connectivity index (χ4n) is 3.11. The molecule has 0 radical (unpaired) electrons. The van der Waals surface area contributed by atoms with E-state index in [1.165, 1.54) is 32.0 Å². The van der Waals surface area contributed by atoms with Crippen LogP contribution in [0.1, 0.15) is 16.0 Å². The summed E-state index contributed by atoms with van der Waals surface area (Å²) in [6.45, 7) is 0.115. The number of hydrogen-bond acceptors (Lipinski definition) is 2. The molecule has 0 spiro atoms. The third-order valence-corrected chi connectivity index (χ3v) is 5.18. The summed E-state index contributed by atoms with van der Waals surface area (Å²) in [7, 11) is 0. The van der Waals surface area contributed by atoms with Gasteiger partial charge in [-0.15, -0.1) is 11.3 Å². The maximum Gasteiger partial charge on any atom is 0.0692 e. The first-order chi connectivity index (χ1) is 10.9. The molecule has 0 bridgehead atoms. The normalized spacial score (nSPS) is 11.3. The second kappa shape index (κ2) is 5.56. The Morgan fingerprint density at radius 2 is 1.50 bits per heavy atom. The molecule has 108 valence electrons. The van der Waals surface area contributed by atoms with Gasteiger partial charge in [-0.25, -0.2) is 0 Å². The highest BCUT2D eigenvalue weighted by Crippen LogP contribution is 2.31. The van der Waals surface area contributed by atoms with E-state index in [1.54, 1.807) is 11.3 Å². The van der Waals surface area contributed by atoms with Crippen molar-refractivity contribution < 1.29 is 5.11 Å². The Hall–Kier alpha value is -2.16. The number of benzene rings is 3. The first-order valence-electron chi connectivity index (χ1n) is 7.42. The van der Waals surface area contributed by atoms with Crippen molar-refractivity contribution in [3.8, 4) is 0 Å². The lowest BCUT2D eigenvalue weighted by Crippen LogP contribution is -1.93. The van der Waals surface area contributed by atoms with Gasteiger partial charge >= 0.3 is 0 Å². The van der Waals surface area contributed by atoms with Crippen molar-refractivity contribution >= 4 is 32.9 Å². The number of hydrogen-bond donors (Lipinski definition) is 1.